The molecule has 0 unspecified atom stereocenters. The molecule has 2 aromatic carbocycles. The van der Waals surface area contributed by atoms with Gasteiger partial charge in [0.15, 0.2) is 5.78 Å². The van der Waals surface area contributed by atoms with Crippen molar-refractivity contribution in [3.05, 3.63) is 64.3 Å². The Morgan fingerprint density at radius 2 is 1.93 bits per heavy atom. The van der Waals surface area contributed by atoms with Gasteiger partial charge in [0, 0.05) is 47.4 Å². The molecule has 0 bridgehead atoms. The van der Waals surface area contributed by atoms with Crippen LogP contribution >= 0.6 is 11.6 Å². The molecule has 0 fully saturated rings. The molecule has 2 N–H and O–H groups in total. The summed E-state index contributed by atoms with van der Waals surface area (Å²) in [6.07, 6.45) is 1.82. The van der Waals surface area contributed by atoms with Gasteiger partial charge in [-0.15, -0.1) is 0 Å². The Bertz CT molecular complexity index is 1100. The molecule has 0 saturated heterocycles. The molecular formula is C23H25ClN4O. The van der Waals surface area contributed by atoms with Crippen LogP contribution in [0.1, 0.15) is 28.0 Å². The Labute approximate surface area is 175 Å². The van der Waals surface area contributed by atoms with Crippen LogP contribution in [0.5, 0.6) is 0 Å². The molecule has 3 aromatic rings. The fourth-order valence-corrected chi connectivity index (χ4v) is 4.22. The van der Waals surface area contributed by atoms with Crippen molar-refractivity contribution < 1.29 is 4.79 Å². The number of hydrogen-bond donors (Lipinski definition) is 1. The van der Waals surface area contributed by atoms with Crippen LogP contribution in [-0.2, 0) is 6.42 Å². The fourth-order valence-electron chi connectivity index (χ4n) is 4.10. The number of fused-ring (bicyclic) bond motifs is 1. The van der Waals surface area contributed by atoms with Crippen LogP contribution in [-0.4, -0.2) is 47.8 Å². The molecule has 0 saturated carbocycles. The third-order valence-electron chi connectivity index (χ3n) is 5.63. The number of aliphatic imine (C=N–C) groups is 1. The Kier molecular flexibility index (Phi) is 5.43. The maximum absolute atomic E-state index is 12.6. The van der Waals surface area contributed by atoms with Crippen LogP contribution in [0.15, 0.2) is 47.5 Å². The summed E-state index contributed by atoms with van der Waals surface area (Å²) >= 11 is 6.08. The number of likely N-dealkylation sites (N-methyl/N-ethyl adjacent to an activating group) is 1. The fraction of sp³-hybridized carbons (Fsp3) is 0.304. The van der Waals surface area contributed by atoms with Gasteiger partial charge in [0.2, 0.25) is 0 Å². The maximum Gasteiger partial charge on any atom is 0.178 e. The molecule has 6 heteroatoms. The first-order valence-corrected chi connectivity index (χ1v) is 10.2. The first-order valence-electron chi connectivity index (χ1n) is 9.87. The highest BCUT2D eigenvalue weighted by Gasteiger charge is 2.20. The van der Waals surface area contributed by atoms with E-state index in [4.69, 9.17) is 17.3 Å². The van der Waals surface area contributed by atoms with Gasteiger partial charge < -0.3 is 15.2 Å². The van der Waals surface area contributed by atoms with Gasteiger partial charge in [-0.3, -0.25) is 9.79 Å². The number of rotatable bonds is 6. The maximum atomic E-state index is 12.6. The Hall–Kier alpha value is -2.63. The molecule has 1 aliphatic heterocycles. The molecule has 29 heavy (non-hydrogen) atoms. The number of carbonyl (C=O) groups is 1. The van der Waals surface area contributed by atoms with E-state index in [0.717, 1.165) is 54.1 Å². The van der Waals surface area contributed by atoms with E-state index >= 15 is 0 Å². The molecule has 0 spiro atoms. The highest BCUT2D eigenvalue weighted by molar-refractivity contribution is 6.30. The summed E-state index contributed by atoms with van der Waals surface area (Å²) in [7, 11) is 2.09. The summed E-state index contributed by atoms with van der Waals surface area (Å²) in [5.74, 6) is 1.11. The van der Waals surface area contributed by atoms with E-state index in [9.17, 15) is 4.79 Å². The van der Waals surface area contributed by atoms with Crippen molar-refractivity contribution in [2.45, 2.75) is 19.8 Å². The molecule has 5 nitrogen and oxygen atoms in total. The second-order valence-electron chi connectivity index (χ2n) is 7.47. The predicted octanol–water partition coefficient (Wildman–Crippen LogP) is 4.01. The molecule has 2 heterocycles. The lowest BCUT2D eigenvalue weighted by Gasteiger charge is -2.14. The van der Waals surface area contributed by atoms with Crippen LogP contribution < -0.4 is 5.73 Å². The standard InChI is InChI=1S/C23H25ClN4O/c1-15-23(21(29)14-25)19-9-3-16(4-10-22-26-11-12-27(22)2)13-20(19)28(15)18-7-5-17(24)6-8-18/h3,5-9,13H,4,10-12,14,25H2,1-2H3. The zero-order chi connectivity index (χ0) is 20.5. The number of hydrogen-bond acceptors (Lipinski definition) is 4. The average molecular weight is 409 g/mol. The zero-order valence-corrected chi connectivity index (χ0v) is 17.5. The smallest absolute Gasteiger partial charge is 0.178 e. The van der Waals surface area contributed by atoms with Gasteiger partial charge in [-0.05, 0) is 49.2 Å². The summed E-state index contributed by atoms with van der Waals surface area (Å²) < 4.78 is 2.12. The lowest BCUT2D eigenvalue weighted by Crippen LogP contribution is -2.22. The molecule has 1 aromatic heterocycles. The Balaban J connectivity index is 1.80. The number of nitrogens with two attached hydrogens (primary N) is 1. The number of carbonyl (C=O) groups excluding carboxylic acids is 1. The second-order valence-corrected chi connectivity index (χ2v) is 7.91. The third kappa shape index (κ3) is 3.68. The van der Waals surface area contributed by atoms with Crippen molar-refractivity contribution in [1.29, 1.82) is 0 Å². The van der Waals surface area contributed by atoms with E-state index in [1.165, 1.54) is 5.56 Å². The highest BCUT2D eigenvalue weighted by Crippen LogP contribution is 2.31. The van der Waals surface area contributed by atoms with E-state index in [0.29, 0.717) is 10.6 Å². The van der Waals surface area contributed by atoms with Crippen LogP contribution in [0.2, 0.25) is 5.02 Å². The molecular weight excluding hydrogens is 384 g/mol. The van der Waals surface area contributed by atoms with Gasteiger partial charge in [0.05, 0.1) is 24.4 Å². The molecule has 0 aliphatic carbocycles. The molecule has 4 rings (SSSR count). The zero-order valence-electron chi connectivity index (χ0n) is 16.8. The number of halogens is 1. The largest absolute Gasteiger partial charge is 0.362 e. The molecule has 1 aliphatic rings. The summed E-state index contributed by atoms with van der Waals surface area (Å²) in [6.45, 7) is 3.85. The van der Waals surface area contributed by atoms with Gasteiger partial charge in [-0.1, -0.05) is 23.7 Å². The van der Waals surface area contributed by atoms with E-state index in [1.54, 1.807) is 0 Å². The van der Waals surface area contributed by atoms with Crippen LogP contribution in [0, 0.1) is 6.92 Å². The normalized spacial score (nSPS) is 13.9. The minimum Gasteiger partial charge on any atom is -0.362 e. The van der Waals surface area contributed by atoms with Gasteiger partial charge in [0.25, 0.3) is 0 Å². The SMILES string of the molecule is Cc1c(C(=O)CN)c2ccc(CCC3=NCCN3C)cc2n1-c1ccc(Cl)cc1. The van der Waals surface area contributed by atoms with Crippen molar-refractivity contribution in [2.24, 2.45) is 10.7 Å². The highest BCUT2D eigenvalue weighted by atomic mass is 35.5. The molecule has 0 radical (unpaired) electrons. The lowest BCUT2D eigenvalue weighted by atomic mass is 10.0. The van der Waals surface area contributed by atoms with Crippen molar-refractivity contribution >= 4 is 34.1 Å². The molecule has 0 atom stereocenters. The lowest BCUT2D eigenvalue weighted by molar-refractivity contribution is 0.100. The van der Waals surface area contributed by atoms with Crippen molar-refractivity contribution in [3.63, 3.8) is 0 Å². The number of Topliss-reactive ketones (excluding diaryl/α,β-unsaturated/α-hetero) is 1. The predicted molar refractivity (Wildman–Crippen MR) is 120 cm³/mol. The Morgan fingerprint density at radius 1 is 1.17 bits per heavy atom. The average Bonchev–Trinajstić information content (AvgIpc) is 3.26. The second kappa shape index (κ2) is 8.01. The van der Waals surface area contributed by atoms with E-state index in [1.807, 2.05) is 37.3 Å². The molecule has 0 amide bonds. The third-order valence-corrected chi connectivity index (χ3v) is 5.88. The number of benzene rings is 2. The van der Waals surface area contributed by atoms with E-state index in [-0.39, 0.29) is 12.3 Å². The quantitative estimate of drug-likeness (QED) is 0.627. The number of nitrogens with zero attached hydrogens (tertiary/aromatic N) is 3. The van der Waals surface area contributed by atoms with Crippen molar-refractivity contribution in [2.75, 3.05) is 26.7 Å². The monoisotopic (exact) mass is 408 g/mol. The number of ketones is 1. The molecule has 150 valence electrons. The van der Waals surface area contributed by atoms with Crippen molar-refractivity contribution in [1.82, 2.24) is 9.47 Å². The summed E-state index contributed by atoms with van der Waals surface area (Å²) in [4.78, 5) is 19.4. The van der Waals surface area contributed by atoms with Gasteiger partial charge in [0.1, 0.15) is 0 Å². The topological polar surface area (TPSA) is 63.6 Å². The van der Waals surface area contributed by atoms with Gasteiger partial charge in [-0.2, -0.15) is 0 Å². The van der Waals surface area contributed by atoms with Crippen LogP contribution in [0.3, 0.4) is 0 Å². The number of amidine groups is 1. The summed E-state index contributed by atoms with van der Waals surface area (Å²) in [5, 5.41) is 1.62. The van der Waals surface area contributed by atoms with Crippen LogP contribution in [0.25, 0.3) is 16.6 Å². The summed E-state index contributed by atoms with van der Waals surface area (Å²) in [6, 6.07) is 14.0. The van der Waals surface area contributed by atoms with E-state index in [2.05, 4.69) is 33.6 Å². The minimum atomic E-state index is -0.0464. The van der Waals surface area contributed by atoms with E-state index < -0.39 is 0 Å². The first kappa shape index (κ1) is 19.7. The number of aromatic nitrogens is 1. The Morgan fingerprint density at radius 3 is 2.59 bits per heavy atom. The number of aryl methyl sites for hydroxylation is 1. The first-order chi connectivity index (χ1) is 14.0. The summed E-state index contributed by atoms with van der Waals surface area (Å²) in [5.41, 5.74) is 10.5. The van der Waals surface area contributed by atoms with Crippen molar-refractivity contribution in [3.8, 4) is 5.69 Å². The van der Waals surface area contributed by atoms with Gasteiger partial charge >= 0.3 is 0 Å². The minimum absolute atomic E-state index is 0.00547. The van der Waals surface area contributed by atoms with Crippen LogP contribution in [0.4, 0.5) is 0 Å². The van der Waals surface area contributed by atoms with Gasteiger partial charge in [-0.25, -0.2) is 0 Å².